The number of hydrogen-bond donors (Lipinski definition) is 0. The smallest absolute Gasteiger partial charge is 0.363 e. The highest BCUT2D eigenvalue weighted by Gasteiger charge is 2.24. The number of hydrogen-bond acceptors (Lipinski definition) is 3. The zero-order chi connectivity index (χ0) is 15.7. The summed E-state index contributed by atoms with van der Waals surface area (Å²) in [6.45, 7) is 3.96. The normalized spacial score (nSPS) is 15.9. The number of aliphatic imine (C=N–C) groups is 1. The van der Waals surface area contributed by atoms with Gasteiger partial charge >= 0.3 is 5.97 Å². The predicted molar refractivity (Wildman–Crippen MR) is 82.9 cm³/mol. The third-order valence-electron chi connectivity index (χ3n) is 3.44. The Kier molecular flexibility index (Phi) is 3.59. The van der Waals surface area contributed by atoms with E-state index in [9.17, 15) is 9.18 Å². The van der Waals surface area contributed by atoms with Gasteiger partial charge in [-0.25, -0.2) is 14.2 Å². The average Bonchev–Trinajstić information content (AvgIpc) is 2.85. The number of benzene rings is 2. The number of carbonyl (C=O) groups excluding carboxylic acids is 1. The van der Waals surface area contributed by atoms with Crippen molar-refractivity contribution in [3.05, 3.63) is 76.2 Å². The second-order valence-electron chi connectivity index (χ2n) is 5.20. The van der Waals surface area contributed by atoms with Gasteiger partial charge in [0, 0.05) is 5.56 Å². The second-order valence-corrected chi connectivity index (χ2v) is 5.20. The zero-order valence-corrected chi connectivity index (χ0v) is 12.3. The molecule has 0 saturated carbocycles. The van der Waals surface area contributed by atoms with Crippen molar-refractivity contribution in [2.24, 2.45) is 4.99 Å². The van der Waals surface area contributed by atoms with Gasteiger partial charge < -0.3 is 4.74 Å². The number of nitrogens with zero attached hydrogens (tertiary/aromatic N) is 1. The Labute approximate surface area is 127 Å². The minimum absolute atomic E-state index is 0.196. The number of cyclic esters (lactones) is 1. The fourth-order valence-corrected chi connectivity index (χ4v) is 2.19. The van der Waals surface area contributed by atoms with Gasteiger partial charge in [0.1, 0.15) is 5.82 Å². The molecule has 1 heterocycles. The van der Waals surface area contributed by atoms with Crippen LogP contribution in [0.25, 0.3) is 6.08 Å². The van der Waals surface area contributed by atoms with Gasteiger partial charge in [0.25, 0.3) is 0 Å². The van der Waals surface area contributed by atoms with Gasteiger partial charge in [-0.3, -0.25) is 0 Å². The maximum absolute atomic E-state index is 12.9. The Balaban J connectivity index is 1.97. The number of ether oxygens (including phenoxy) is 1. The topological polar surface area (TPSA) is 38.7 Å². The first kappa shape index (κ1) is 14.2. The van der Waals surface area contributed by atoms with Crippen LogP contribution in [0.5, 0.6) is 0 Å². The Morgan fingerprint density at radius 3 is 2.55 bits per heavy atom. The summed E-state index contributed by atoms with van der Waals surface area (Å²) in [5.41, 5.74) is 3.89. The van der Waals surface area contributed by atoms with Gasteiger partial charge in [0.15, 0.2) is 5.70 Å². The molecule has 0 bridgehead atoms. The van der Waals surface area contributed by atoms with E-state index in [-0.39, 0.29) is 17.4 Å². The first-order chi connectivity index (χ1) is 10.5. The molecular formula is C18H14FNO2. The van der Waals surface area contributed by atoms with Crippen LogP contribution in [0, 0.1) is 19.7 Å². The molecular weight excluding hydrogens is 281 g/mol. The number of carbonyl (C=O) groups is 1. The summed E-state index contributed by atoms with van der Waals surface area (Å²) in [7, 11) is 0. The third-order valence-corrected chi connectivity index (χ3v) is 3.44. The molecule has 2 aromatic carbocycles. The molecule has 2 aromatic rings. The standard InChI is InChI=1S/C18H14FNO2/c1-11-3-4-12(2)14(9-11)10-16-18(21)22-17(20-16)13-5-7-15(19)8-6-13/h3-10H,1-2H3. The van der Waals surface area contributed by atoms with Gasteiger partial charge in [-0.15, -0.1) is 0 Å². The fourth-order valence-electron chi connectivity index (χ4n) is 2.19. The molecule has 3 nitrogen and oxygen atoms in total. The summed E-state index contributed by atoms with van der Waals surface area (Å²) in [5.74, 6) is -0.651. The van der Waals surface area contributed by atoms with Crippen LogP contribution in [0.4, 0.5) is 4.39 Å². The van der Waals surface area contributed by atoms with E-state index < -0.39 is 5.97 Å². The molecule has 0 spiro atoms. The monoisotopic (exact) mass is 295 g/mol. The summed E-state index contributed by atoms with van der Waals surface area (Å²) in [6, 6.07) is 11.7. The van der Waals surface area contributed by atoms with Crippen LogP contribution in [0.2, 0.25) is 0 Å². The lowest BCUT2D eigenvalue weighted by molar-refractivity contribution is -0.129. The van der Waals surface area contributed by atoms with E-state index in [0.29, 0.717) is 5.56 Å². The lowest BCUT2D eigenvalue weighted by Crippen LogP contribution is -2.05. The second kappa shape index (κ2) is 5.56. The van der Waals surface area contributed by atoms with Crippen molar-refractivity contribution in [3.63, 3.8) is 0 Å². The summed E-state index contributed by atoms with van der Waals surface area (Å²) in [4.78, 5) is 16.2. The Morgan fingerprint density at radius 1 is 1.09 bits per heavy atom. The molecule has 0 N–H and O–H groups in total. The molecule has 0 atom stereocenters. The van der Waals surface area contributed by atoms with Gasteiger partial charge in [0.2, 0.25) is 5.90 Å². The molecule has 22 heavy (non-hydrogen) atoms. The van der Waals surface area contributed by atoms with E-state index >= 15 is 0 Å². The van der Waals surface area contributed by atoms with Crippen molar-refractivity contribution >= 4 is 17.9 Å². The van der Waals surface area contributed by atoms with Crippen LogP contribution in [-0.2, 0) is 9.53 Å². The van der Waals surface area contributed by atoms with Crippen LogP contribution in [-0.4, -0.2) is 11.9 Å². The first-order valence-corrected chi connectivity index (χ1v) is 6.89. The van der Waals surface area contributed by atoms with E-state index in [2.05, 4.69) is 4.99 Å². The summed E-state index contributed by atoms with van der Waals surface area (Å²) >= 11 is 0. The van der Waals surface area contributed by atoms with E-state index in [1.54, 1.807) is 6.08 Å². The Hall–Kier alpha value is -2.75. The minimum atomic E-state index is -0.500. The third kappa shape index (κ3) is 2.81. The molecule has 1 aliphatic rings. The van der Waals surface area contributed by atoms with Crippen LogP contribution < -0.4 is 0 Å². The molecule has 0 radical (unpaired) electrons. The van der Waals surface area contributed by atoms with Crippen LogP contribution in [0.3, 0.4) is 0 Å². The van der Waals surface area contributed by atoms with Crippen LogP contribution in [0.1, 0.15) is 22.3 Å². The van der Waals surface area contributed by atoms with Crippen molar-refractivity contribution in [2.45, 2.75) is 13.8 Å². The SMILES string of the molecule is Cc1ccc(C)c(C=C2N=C(c3ccc(F)cc3)OC2=O)c1. The van der Waals surface area contributed by atoms with Crippen molar-refractivity contribution in [2.75, 3.05) is 0 Å². The first-order valence-electron chi connectivity index (χ1n) is 6.89. The van der Waals surface area contributed by atoms with E-state index in [0.717, 1.165) is 16.7 Å². The van der Waals surface area contributed by atoms with Gasteiger partial charge in [-0.05, 0) is 55.3 Å². The summed E-state index contributed by atoms with van der Waals surface area (Å²) in [6.07, 6.45) is 1.71. The number of rotatable bonds is 2. The van der Waals surface area contributed by atoms with Crippen molar-refractivity contribution < 1.29 is 13.9 Å². The van der Waals surface area contributed by atoms with E-state index in [1.165, 1.54) is 24.3 Å². The van der Waals surface area contributed by atoms with Gasteiger partial charge in [0.05, 0.1) is 0 Å². The lowest BCUT2D eigenvalue weighted by Gasteiger charge is -2.01. The molecule has 0 amide bonds. The fraction of sp³-hybridized carbons (Fsp3) is 0.111. The molecule has 0 aromatic heterocycles. The van der Waals surface area contributed by atoms with Crippen molar-refractivity contribution in [1.82, 2.24) is 0 Å². The van der Waals surface area contributed by atoms with Crippen LogP contribution in [0.15, 0.2) is 53.2 Å². The highest BCUT2D eigenvalue weighted by molar-refractivity contribution is 6.12. The number of esters is 1. The Bertz CT molecular complexity index is 804. The van der Waals surface area contributed by atoms with Crippen molar-refractivity contribution in [3.8, 4) is 0 Å². The van der Waals surface area contributed by atoms with E-state index in [1.807, 2.05) is 32.0 Å². The molecule has 0 unspecified atom stereocenters. The minimum Gasteiger partial charge on any atom is -0.402 e. The largest absolute Gasteiger partial charge is 0.402 e. The van der Waals surface area contributed by atoms with Crippen LogP contribution >= 0.6 is 0 Å². The molecule has 4 heteroatoms. The highest BCUT2D eigenvalue weighted by atomic mass is 19.1. The quantitative estimate of drug-likeness (QED) is 0.624. The predicted octanol–water partition coefficient (Wildman–Crippen LogP) is 3.79. The lowest BCUT2D eigenvalue weighted by atomic mass is 10.0. The van der Waals surface area contributed by atoms with Crippen molar-refractivity contribution in [1.29, 1.82) is 0 Å². The molecule has 1 aliphatic heterocycles. The molecule has 3 rings (SSSR count). The molecule has 0 fully saturated rings. The maximum atomic E-state index is 12.9. The van der Waals surface area contributed by atoms with Gasteiger partial charge in [-0.2, -0.15) is 0 Å². The summed E-state index contributed by atoms with van der Waals surface area (Å²) in [5, 5.41) is 0. The highest BCUT2D eigenvalue weighted by Crippen LogP contribution is 2.21. The maximum Gasteiger partial charge on any atom is 0.363 e. The number of halogens is 1. The number of aryl methyl sites for hydroxylation is 2. The average molecular weight is 295 g/mol. The van der Waals surface area contributed by atoms with Gasteiger partial charge in [-0.1, -0.05) is 23.8 Å². The molecule has 0 aliphatic carbocycles. The Morgan fingerprint density at radius 2 is 1.82 bits per heavy atom. The molecule has 110 valence electrons. The van der Waals surface area contributed by atoms with E-state index in [4.69, 9.17) is 4.74 Å². The molecule has 0 saturated heterocycles. The zero-order valence-electron chi connectivity index (χ0n) is 12.3. The summed E-state index contributed by atoms with van der Waals surface area (Å²) < 4.78 is 18.1.